The quantitative estimate of drug-likeness (QED) is 0.824. The summed E-state index contributed by atoms with van der Waals surface area (Å²) in [7, 11) is -3.65. The fraction of sp³-hybridized carbons (Fsp3) is 0.471. The van der Waals surface area contributed by atoms with Gasteiger partial charge in [0.25, 0.3) is 10.0 Å². The molecule has 2 aliphatic rings. The monoisotopic (exact) mass is 360 g/mol. The molecule has 132 valence electrons. The van der Waals surface area contributed by atoms with Crippen LogP contribution in [-0.4, -0.2) is 31.7 Å². The number of benzene rings is 1. The Bertz CT molecular complexity index is 879. The van der Waals surface area contributed by atoms with Crippen LogP contribution in [0.25, 0.3) is 0 Å². The summed E-state index contributed by atoms with van der Waals surface area (Å²) in [5.74, 6) is 0.0210. The molecule has 0 aromatic heterocycles. The van der Waals surface area contributed by atoms with E-state index in [0.717, 1.165) is 0 Å². The highest BCUT2D eigenvalue weighted by Gasteiger charge is 2.45. The molecule has 3 rings (SSSR count). The molecule has 0 spiro atoms. The Morgan fingerprint density at radius 1 is 1.40 bits per heavy atom. The topological polar surface area (TPSA) is 111 Å². The van der Waals surface area contributed by atoms with Crippen LogP contribution in [-0.2, 0) is 14.8 Å². The summed E-state index contributed by atoms with van der Waals surface area (Å²) in [5, 5.41) is 11.9. The number of fused-ring (bicyclic) bond motifs is 1. The fourth-order valence-electron chi connectivity index (χ4n) is 2.76. The van der Waals surface area contributed by atoms with Crippen LogP contribution in [0.4, 0.5) is 0 Å². The predicted octanol–water partition coefficient (Wildman–Crippen LogP) is 1.31. The molecule has 1 heterocycles. The zero-order valence-electron chi connectivity index (χ0n) is 14.1. The maximum Gasteiger partial charge on any atom is 0.263 e. The SMILES string of the molecule is CC(C)CC(N=C1NS(=O)(=O)c2ccccc21)C(=O)NC1(C#N)CC1. The molecule has 1 unspecified atom stereocenters. The van der Waals surface area contributed by atoms with E-state index in [1.807, 2.05) is 13.8 Å². The number of aliphatic imine (C=N–C) groups is 1. The summed E-state index contributed by atoms with van der Waals surface area (Å²) in [6.45, 7) is 3.93. The lowest BCUT2D eigenvalue weighted by Gasteiger charge is -2.18. The first-order chi connectivity index (χ1) is 11.8. The molecule has 1 aromatic carbocycles. The molecule has 7 nitrogen and oxygen atoms in total. The smallest absolute Gasteiger partial charge is 0.263 e. The van der Waals surface area contributed by atoms with Crippen LogP contribution in [0.3, 0.4) is 0 Å². The van der Waals surface area contributed by atoms with E-state index in [9.17, 15) is 13.2 Å². The third kappa shape index (κ3) is 3.51. The molecular formula is C17H20N4O3S. The number of nitrogens with one attached hydrogen (secondary N) is 2. The van der Waals surface area contributed by atoms with Gasteiger partial charge in [0, 0.05) is 5.56 Å². The summed E-state index contributed by atoms with van der Waals surface area (Å²) in [6, 6.07) is 7.90. The number of rotatable bonds is 5. The maximum absolute atomic E-state index is 12.6. The van der Waals surface area contributed by atoms with Gasteiger partial charge in [-0.1, -0.05) is 26.0 Å². The largest absolute Gasteiger partial charge is 0.336 e. The lowest BCUT2D eigenvalue weighted by atomic mass is 10.0. The van der Waals surface area contributed by atoms with Crippen molar-refractivity contribution in [3.05, 3.63) is 29.8 Å². The molecule has 1 atom stereocenters. The van der Waals surface area contributed by atoms with E-state index >= 15 is 0 Å². The first kappa shape index (κ1) is 17.4. The van der Waals surface area contributed by atoms with Gasteiger partial charge in [0.2, 0.25) is 5.91 Å². The van der Waals surface area contributed by atoms with Gasteiger partial charge in [-0.3, -0.25) is 14.5 Å². The average Bonchev–Trinajstić information content (AvgIpc) is 3.27. The van der Waals surface area contributed by atoms with Crippen molar-refractivity contribution < 1.29 is 13.2 Å². The van der Waals surface area contributed by atoms with Gasteiger partial charge >= 0.3 is 0 Å². The lowest BCUT2D eigenvalue weighted by molar-refractivity contribution is -0.123. The number of amides is 1. The first-order valence-corrected chi connectivity index (χ1v) is 9.68. The van der Waals surface area contributed by atoms with Crippen LogP contribution in [0, 0.1) is 17.2 Å². The third-order valence-electron chi connectivity index (χ3n) is 4.27. The van der Waals surface area contributed by atoms with Crippen LogP contribution >= 0.6 is 0 Å². The number of carbonyl (C=O) groups excluding carboxylic acids is 1. The van der Waals surface area contributed by atoms with Crippen molar-refractivity contribution in [3.8, 4) is 6.07 Å². The normalized spacial score (nSPS) is 21.9. The molecule has 1 aliphatic heterocycles. The van der Waals surface area contributed by atoms with Gasteiger partial charge < -0.3 is 5.32 Å². The number of hydrogen-bond acceptors (Lipinski definition) is 5. The van der Waals surface area contributed by atoms with E-state index in [2.05, 4.69) is 21.1 Å². The van der Waals surface area contributed by atoms with Gasteiger partial charge in [0.05, 0.1) is 11.0 Å². The molecule has 1 fully saturated rings. The standard InChI is InChI=1S/C17H20N4O3S/c1-11(2)9-13(16(22)20-17(10-18)7-8-17)19-15-12-5-3-4-6-14(12)25(23,24)21-15/h3-6,11,13H,7-9H2,1-2H3,(H,19,21)(H,20,22). The second kappa shape index (κ2) is 6.15. The van der Waals surface area contributed by atoms with Crippen LogP contribution < -0.4 is 10.0 Å². The second-order valence-electron chi connectivity index (χ2n) is 6.91. The van der Waals surface area contributed by atoms with Gasteiger partial charge in [0.15, 0.2) is 0 Å². The van der Waals surface area contributed by atoms with Gasteiger partial charge in [-0.25, -0.2) is 8.42 Å². The third-order valence-corrected chi connectivity index (χ3v) is 5.67. The Hall–Kier alpha value is -2.40. The zero-order chi connectivity index (χ0) is 18.2. The maximum atomic E-state index is 12.6. The predicted molar refractivity (Wildman–Crippen MR) is 92.3 cm³/mol. The number of carbonyl (C=O) groups is 1. The molecular weight excluding hydrogens is 340 g/mol. The van der Waals surface area contributed by atoms with E-state index in [4.69, 9.17) is 5.26 Å². The molecule has 1 aromatic rings. The molecule has 0 radical (unpaired) electrons. The molecule has 0 bridgehead atoms. The molecule has 2 N–H and O–H groups in total. The Labute approximate surface area is 147 Å². The van der Waals surface area contributed by atoms with Crippen LogP contribution in [0.1, 0.15) is 38.7 Å². The van der Waals surface area contributed by atoms with Crippen molar-refractivity contribution in [1.82, 2.24) is 10.0 Å². The Morgan fingerprint density at radius 3 is 2.68 bits per heavy atom. The highest BCUT2D eigenvalue weighted by atomic mass is 32.2. The van der Waals surface area contributed by atoms with Gasteiger partial charge in [-0.05, 0) is 37.3 Å². The fourth-order valence-corrected chi connectivity index (χ4v) is 4.00. The highest BCUT2D eigenvalue weighted by molar-refractivity contribution is 7.90. The number of nitriles is 1. The van der Waals surface area contributed by atoms with Gasteiger partial charge in [0.1, 0.15) is 17.4 Å². The average molecular weight is 360 g/mol. The van der Waals surface area contributed by atoms with Crippen molar-refractivity contribution >= 4 is 21.8 Å². The van der Waals surface area contributed by atoms with E-state index in [1.54, 1.807) is 18.2 Å². The molecule has 1 aliphatic carbocycles. The lowest BCUT2D eigenvalue weighted by Crippen LogP contribution is -2.43. The Kier molecular flexibility index (Phi) is 4.29. The summed E-state index contributed by atoms with van der Waals surface area (Å²) in [6.07, 6.45) is 1.73. The summed E-state index contributed by atoms with van der Waals surface area (Å²) >= 11 is 0. The first-order valence-electron chi connectivity index (χ1n) is 8.20. The minimum atomic E-state index is -3.65. The van der Waals surface area contributed by atoms with E-state index in [0.29, 0.717) is 24.8 Å². The molecule has 0 saturated heterocycles. The molecule has 25 heavy (non-hydrogen) atoms. The van der Waals surface area contributed by atoms with Crippen molar-refractivity contribution in [3.63, 3.8) is 0 Å². The summed E-state index contributed by atoms with van der Waals surface area (Å²) in [4.78, 5) is 17.2. The molecule has 8 heteroatoms. The number of nitrogens with zero attached hydrogens (tertiary/aromatic N) is 2. The zero-order valence-corrected chi connectivity index (χ0v) is 14.9. The van der Waals surface area contributed by atoms with Crippen molar-refractivity contribution in [2.24, 2.45) is 10.9 Å². The van der Waals surface area contributed by atoms with Gasteiger partial charge in [-0.15, -0.1) is 0 Å². The Balaban J connectivity index is 1.92. The van der Waals surface area contributed by atoms with Gasteiger partial charge in [-0.2, -0.15) is 5.26 Å². The number of amidine groups is 1. The minimum Gasteiger partial charge on any atom is -0.336 e. The van der Waals surface area contributed by atoms with Crippen LogP contribution in [0.2, 0.25) is 0 Å². The van der Waals surface area contributed by atoms with Crippen molar-refractivity contribution in [1.29, 1.82) is 5.26 Å². The van der Waals surface area contributed by atoms with Crippen LogP contribution in [0.5, 0.6) is 0 Å². The highest BCUT2D eigenvalue weighted by Crippen LogP contribution is 2.34. The molecule has 1 amide bonds. The van der Waals surface area contributed by atoms with Crippen molar-refractivity contribution in [2.75, 3.05) is 0 Å². The summed E-state index contributed by atoms with van der Waals surface area (Å²) in [5.41, 5.74) is -0.315. The van der Waals surface area contributed by atoms with E-state index in [-0.39, 0.29) is 22.6 Å². The number of sulfonamides is 1. The Morgan fingerprint density at radius 2 is 2.08 bits per heavy atom. The van der Waals surface area contributed by atoms with Crippen molar-refractivity contribution in [2.45, 2.75) is 49.6 Å². The molecule has 1 saturated carbocycles. The van der Waals surface area contributed by atoms with Crippen LogP contribution in [0.15, 0.2) is 34.2 Å². The summed E-state index contributed by atoms with van der Waals surface area (Å²) < 4.78 is 26.8. The second-order valence-corrected chi connectivity index (χ2v) is 8.56. The number of hydrogen-bond donors (Lipinski definition) is 2. The van der Waals surface area contributed by atoms with E-state index < -0.39 is 21.6 Å². The minimum absolute atomic E-state index is 0.160. The van der Waals surface area contributed by atoms with E-state index in [1.165, 1.54) is 6.07 Å².